The lowest BCUT2D eigenvalue weighted by atomic mass is 10.0. The van der Waals surface area contributed by atoms with Gasteiger partial charge in [-0.2, -0.15) is 0 Å². The minimum atomic E-state index is -0.621. The lowest BCUT2D eigenvalue weighted by Crippen LogP contribution is -2.30. The van der Waals surface area contributed by atoms with Crippen LogP contribution in [0.15, 0.2) is 18.2 Å². The number of aryl methyl sites for hydroxylation is 2. The van der Waals surface area contributed by atoms with Crippen LogP contribution in [0.3, 0.4) is 0 Å². The van der Waals surface area contributed by atoms with E-state index in [9.17, 15) is 9.18 Å². The molecule has 0 saturated carbocycles. The number of nitrogens with one attached hydrogen (secondary N) is 1. The molecule has 6 heteroatoms. The number of benzene rings is 1. The van der Waals surface area contributed by atoms with Crippen molar-refractivity contribution in [2.75, 3.05) is 0 Å². The zero-order chi connectivity index (χ0) is 17.1. The first-order chi connectivity index (χ1) is 10.8. The van der Waals surface area contributed by atoms with Gasteiger partial charge in [0.2, 0.25) is 0 Å². The molecule has 0 aliphatic heterocycles. The Kier molecular flexibility index (Phi) is 5.76. The summed E-state index contributed by atoms with van der Waals surface area (Å²) in [6.07, 6.45) is 0.726. The van der Waals surface area contributed by atoms with E-state index in [0.29, 0.717) is 5.92 Å². The highest BCUT2D eigenvalue weighted by Gasteiger charge is 2.23. The Morgan fingerprint density at radius 3 is 2.61 bits per heavy atom. The van der Waals surface area contributed by atoms with Gasteiger partial charge < -0.3 is 5.32 Å². The Balaban J connectivity index is 2.29. The molecule has 0 aliphatic carbocycles. The second-order valence-corrected chi connectivity index (χ2v) is 7.59. The SMILES string of the molecule is Cc1nc(C(CC(C)C)NC(=O)c2c(F)cccc2Cl)sc1C. The Hall–Kier alpha value is -1.46. The van der Waals surface area contributed by atoms with Crippen molar-refractivity contribution >= 4 is 28.8 Å². The summed E-state index contributed by atoms with van der Waals surface area (Å²) < 4.78 is 13.9. The Bertz CT molecular complexity index is 675. The second kappa shape index (κ2) is 7.41. The fourth-order valence-electron chi connectivity index (χ4n) is 2.28. The molecule has 1 amide bonds. The molecule has 0 radical (unpaired) electrons. The van der Waals surface area contributed by atoms with E-state index in [0.717, 1.165) is 22.0 Å². The number of halogens is 2. The maximum Gasteiger partial charge on any atom is 0.256 e. The number of carbonyl (C=O) groups excluding carboxylic acids is 1. The van der Waals surface area contributed by atoms with Crippen LogP contribution in [0, 0.1) is 25.6 Å². The van der Waals surface area contributed by atoms with Crippen LogP contribution in [-0.2, 0) is 0 Å². The molecule has 2 aromatic rings. The topological polar surface area (TPSA) is 42.0 Å². The molecule has 0 fully saturated rings. The normalized spacial score (nSPS) is 12.5. The molecule has 0 saturated heterocycles. The third-order valence-electron chi connectivity index (χ3n) is 3.55. The van der Waals surface area contributed by atoms with E-state index in [1.807, 2.05) is 13.8 Å². The lowest BCUT2D eigenvalue weighted by Gasteiger charge is -2.19. The van der Waals surface area contributed by atoms with Crippen LogP contribution in [0.5, 0.6) is 0 Å². The van der Waals surface area contributed by atoms with Crippen molar-refractivity contribution < 1.29 is 9.18 Å². The van der Waals surface area contributed by atoms with E-state index >= 15 is 0 Å². The van der Waals surface area contributed by atoms with Gasteiger partial charge in [0.25, 0.3) is 5.91 Å². The molecular formula is C17H20ClFN2OS. The number of aromatic nitrogens is 1. The third kappa shape index (κ3) is 4.30. The van der Waals surface area contributed by atoms with E-state index in [-0.39, 0.29) is 16.6 Å². The van der Waals surface area contributed by atoms with Crippen molar-refractivity contribution in [1.82, 2.24) is 10.3 Å². The first kappa shape index (κ1) is 17.9. The fraction of sp³-hybridized carbons (Fsp3) is 0.412. The molecule has 1 aromatic heterocycles. The number of hydrogen-bond donors (Lipinski definition) is 1. The van der Waals surface area contributed by atoms with Gasteiger partial charge in [0.05, 0.1) is 22.3 Å². The lowest BCUT2D eigenvalue weighted by molar-refractivity contribution is 0.0928. The van der Waals surface area contributed by atoms with Crippen molar-refractivity contribution in [3.63, 3.8) is 0 Å². The Morgan fingerprint density at radius 2 is 2.09 bits per heavy atom. The van der Waals surface area contributed by atoms with Crippen LogP contribution in [-0.4, -0.2) is 10.9 Å². The number of amides is 1. The molecule has 0 aliphatic rings. The van der Waals surface area contributed by atoms with E-state index < -0.39 is 11.7 Å². The summed E-state index contributed by atoms with van der Waals surface area (Å²) in [6, 6.07) is 3.97. The molecule has 124 valence electrons. The largest absolute Gasteiger partial charge is 0.343 e. The number of thiazole rings is 1. The number of nitrogens with zero attached hydrogens (tertiary/aromatic N) is 1. The molecule has 2 rings (SSSR count). The van der Waals surface area contributed by atoms with Gasteiger partial charge in [0.15, 0.2) is 0 Å². The predicted octanol–water partition coefficient (Wildman–Crippen LogP) is 5.07. The molecule has 0 spiro atoms. The van der Waals surface area contributed by atoms with Crippen LogP contribution < -0.4 is 5.32 Å². The van der Waals surface area contributed by atoms with Gasteiger partial charge in [-0.1, -0.05) is 31.5 Å². The molecule has 3 nitrogen and oxygen atoms in total. The Labute approximate surface area is 144 Å². The quantitative estimate of drug-likeness (QED) is 0.814. The third-order valence-corrected chi connectivity index (χ3v) is 5.05. The highest BCUT2D eigenvalue weighted by molar-refractivity contribution is 7.11. The molecule has 1 aromatic carbocycles. The van der Waals surface area contributed by atoms with Crippen LogP contribution in [0.1, 0.15) is 52.2 Å². The summed E-state index contributed by atoms with van der Waals surface area (Å²) in [7, 11) is 0. The van der Waals surface area contributed by atoms with Crippen molar-refractivity contribution in [2.24, 2.45) is 5.92 Å². The van der Waals surface area contributed by atoms with Crippen LogP contribution in [0.25, 0.3) is 0 Å². The average molecular weight is 355 g/mol. The molecule has 1 N–H and O–H groups in total. The first-order valence-electron chi connectivity index (χ1n) is 7.48. The van der Waals surface area contributed by atoms with Crippen molar-refractivity contribution in [2.45, 2.75) is 40.2 Å². The van der Waals surface area contributed by atoms with Crippen LogP contribution in [0.2, 0.25) is 5.02 Å². The molecule has 23 heavy (non-hydrogen) atoms. The number of hydrogen-bond acceptors (Lipinski definition) is 3. The summed E-state index contributed by atoms with van der Waals surface area (Å²) in [5, 5.41) is 3.84. The summed E-state index contributed by atoms with van der Waals surface area (Å²) >= 11 is 7.53. The number of rotatable bonds is 5. The monoisotopic (exact) mass is 354 g/mol. The maximum absolute atomic E-state index is 13.9. The second-order valence-electron chi connectivity index (χ2n) is 5.95. The maximum atomic E-state index is 13.9. The van der Waals surface area contributed by atoms with Gasteiger partial charge in [-0.25, -0.2) is 9.37 Å². The van der Waals surface area contributed by atoms with Gasteiger partial charge in [-0.05, 0) is 38.3 Å². The first-order valence-corrected chi connectivity index (χ1v) is 8.67. The van der Waals surface area contributed by atoms with Gasteiger partial charge >= 0.3 is 0 Å². The van der Waals surface area contributed by atoms with E-state index in [1.54, 1.807) is 11.3 Å². The number of carbonyl (C=O) groups is 1. The highest BCUT2D eigenvalue weighted by Crippen LogP contribution is 2.28. The zero-order valence-electron chi connectivity index (χ0n) is 13.6. The average Bonchev–Trinajstić information content (AvgIpc) is 2.77. The smallest absolute Gasteiger partial charge is 0.256 e. The van der Waals surface area contributed by atoms with Crippen LogP contribution in [0.4, 0.5) is 4.39 Å². The van der Waals surface area contributed by atoms with Gasteiger partial charge in [-0.15, -0.1) is 11.3 Å². The summed E-state index contributed by atoms with van der Waals surface area (Å²) in [4.78, 5) is 18.1. The molecular weight excluding hydrogens is 335 g/mol. The summed E-state index contributed by atoms with van der Waals surface area (Å²) in [5.74, 6) is -0.769. The van der Waals surface area contributed by atoms with Crippen LogP contribution >= 0.6 is 22.9 Å². The van der Waals surface area contributed by atoms with Crippen molar-refractivity contribution in [3.8, 4) is 0 Å². The van der Waals surface area contributed by atoms with E-state index in [1.165, 1.54) is 18.2 Å². The molecule has 0 bridgehead atoms. The van der Waals surface area contributed by atoms with E-state index in [2.05, 4.69) is 24.1 Å². The summed E-state index contributed by atoms with van der Waals surface area (Å²) in [6.45, 7) is 8.08. The van der Waals surface area contributed by atoms with E-state index in [4.69, 9.17) is 11.6 Å². The van der Waals surface area contributed by atoms with Crippen molar-refractivity contribution in [3.05, 3.63) is 50.2 Å². The Morgan fingerprint density at radius 1 is 1.39 bits per heavy atom. The zero-order valence-corrected chi connectivity index (χ0v) is 15.2. The molecule has 1 heterocycles. The molecule has 1 atom stereocenters. The van der Waals surface area contributed by atoms with Gasteiger partial charge in [0.1, 0.15) is 10.8 Å². The summed E-state index contributed by atoms with van der Waals surface area (Å²) in [5.41, 5.74) is 0.838. The predicted molar refractivity (Wildman–Crippen MR) is 92.7 cm³/mol. The fourth-order valence-corrected chi connectivity index (χ4v) is 3.52. The van der Waals surface area contributed by atoms with Gasteiger partial charge in [-0.3, -0.25) is 4.79 Å². The highest BCUT2D eigenvalue weighted by atomic mass is 35.5. The van der Waals surface area contributed by atoms with Crippen molar-refractivity contribution in [1.29, 1.82) is 0 Å². The minimum absolute atomic E-state index is 0.109. The standard InChI is InChI=1S/C17H20ClFN2OS/c1-9(2)8-14(17-20-10(3)11(4)23-17)21-16(22)15-12(18)6-5-7-13(15)19/h5-7,9,14H,8H2,1-4H3,(H,21,22). The minimum Gasteiger partial charge on any atom is -0.343 e. The molecule has 1 unspecified atom stereocenters. The van der Waals surface area contributed by atoms with Gasteiger partial charge in [0, 0.05) is 4.88 Å².